The Morgan fingerprint density at radius 3 is 2.71 bits per heavy atom. The van der Waals surface area contributed by atoms with Crippen LogP contribution in [0, 0.1) is 0 Å². The third kappa shape index (κ3) is 2.52. The average Bonchev–Trinajstić information content (AvgIpc) is 3.02. The smallest absolute Gasteiger partial charge is 0.210 e. The van der Waals surface area contributed by atoms with Crippen LogP contribution in [0.4, 0.5) is 5.13 Å². The number of benzene rings is 1. The second kappa shape index (κ2) is 4.91. The van der Waals surface area contributed by atoms with Gasteiger partial charge in [0.2, 0.25) is 5.13 Å². The number of nitrogens with zero attached hydrogens (tertiary/aromatic N) is 2. The van der Waals surface area contributed by atoms with Gasteiger partial charge in [-0.2, -0.15) is 0 Å². The minimum atomic E-state index is 0.818. The number of hydrogen-bond donors (Lipinski definition) is 0. The third-order valence-electron chi connectivity index (χ3n) is 2.15. The van der Waals surface area contributed by atoms with E-state index in [9.17, 15) is 0 Å². The third-order valence-corrected chi connectivity index (χ3v) is 5.12. The standard InChI is InChI=1S/C12H8N2S3/c1-2-4-9(5-3-1)10-8-11(17-16-10)14-12-13-6-7-15-12/h1-8H. The summed E-state index contributed by atoms with van der Waals surface area (Å²) < 4.78 is 1.02. The summed E-state index contributed by atoms with van der Waals surface area (Å²) in [5.74, 6) is 0. The van der Waals surface area contributed by atoms with E-state index in [4.69, 9.17) is 0 Å². The molecule has 2 nitrogen and oxygen atoms in total. The molecular weight excluding hydrogens is 268 g/mol. The van der Waals surface area contributed by atoms with Gasteiger partial charge in [-0.05, 0) is 11.6 Å². The van der Waals surface area contributed by atoms with Gasteiger partial charge < -0.3 is 0 Å². The van der Waals surface area contributed by atoms with Crippen LogP contribution in [0.25, 0.3) is 10.4 Å². The van der Waals surface area contributed by atoms with Crippen molar-refractivity contribution in [2.45, 2.75) is 0 Å². The molecule has 0 bridgehead atoms. The molecule has 0 aliphatic carbocycles. The molecule has 0 N–H and O–H groups in total. The van der Waals surface area contributed by atoms with Crippen LogP contribution in [0.1, 0.15) is 0 Å². The van der Waals surface area contributed by atoms with E-state index < -0.39 is 0 Å². The molecule has 0 amide bonds. The van der Waals surface area contributed by atoms with Crippen LogP contribution in [0.15, 0.2) is 53.0 Å². The monoisotopic (exact) mass is 276 g/mol. The van der Waals surface area contributed by atoms with Crippen molar-refractivity contribution >= 4 is 37.1 Å². The second-order valence-electron chi connectivity index (χ2n) is 3.31. The molecule has 84 valence electrons. The maximum Gasteiger partial charge on any atom is 0.210 e. The van der Waals surface area contributed by atoms with Crippen molar-refractivity contribution in [1.82, 2.24) is 4.98 Å². The van der Waals surface area contributed by atoms with Crippen molar-refractivity contribution in [3.05, 3.63) is 52.6 Å². The largest absolute Gasteiger partial charge is 0.227 e. The summed E-state index contributed by atoms with van der Waals surface area (Å²) in [6.07, 6.45) is 1.78. The van der Waals surface area contributed by atoms with E-state index in [1.807, 2.05) is 11.4 Å². The molecule has 0 saturated carbocycles. The van der Waals surface area contributed by atoms with E-state index in [0.29, 0.717) is 0 Å². The minimum Gasteiger partial charge on any atom is -0.227 e. The van der Waals surface area contributed by atoms with Crippen molar-refractivity contribution in [2.75, 3.05) is 0 Å². The topological polar surface area (TPSA) is 25.2 Å². The van der Waals surface area contributed by atoms with Gasteiger partial charge in [-0.15, -0.1) is 11.3 Å². The number of hydrogen-bond acceptors (Lipinski definition) is 5. The van der Waals surface area contributed by atoms with Gasteiger partial charge in [0.1, 0.15) is 4.67 Å². The molecule has 0 aliphatic heterocycles. The molecular formula is C12H8N2S3. The van der Waals surface area contributed by atoms with E-state index in [2.05, 4.69) is 40.3 Å². The van der Waals surface area contributed by atoms with Crippen LogP contribution in [0.5, 0.6) is 0 Å². The summed E-state index contributed by atoms with van der Waals surface area (Å²) >= 11 is 1.56. The SMILES string of the molecule is c1ccc(-c2cc(=Nc3nccs3)ss2)cc1. The van der Waals surface area contributed by atoms with Crippen LogP contribution < -0.4 is 4.67 Å². The van der Waals surface area contributed by atoms with Gasteiger partial charge in [0.15, 0.2) is 0 Å². The zero-order chi connectivity index (χ0) is 11.5. The molecule has 2 aromatic heterocycles. The highest BCUT2D eigenvalue weighted by atomic mass is 32.9. The normalized spacial score (nSPS) is 11.9. The zero-order valence-electron chi connectivity index (χ0n) is 8.74. The molecule has 17 heavy (non-hydrogen) atoms. The molecule has 0 unspecified atom stereocenters. The fourth-order valence-corrected chi connectivity index (χ4v) is 4.12. The lowest BCUT2D eigenvalue weighted by atomic mass is 10.2. The van der Waals surface area contributed by atoms with E-state index >= 15 is 0 Å². The van der Waals surface area contributed by atoms with Crippen molar-refractivity contribution in [2.24, 2.45) is 4.99 Å². The highest BCUT2D eigenvalue weighted by molar-refractivity contribution is 7.69. The average molecular weight is 276 g/mol. The Morgan fingerprint density at radius 1 is 1.06 bits per heavy atom. The number of aromatic nitrogens is 1. The lowest BCUT2D eigenvalue weighted by Gasteiger charge is -1.92. The van der Waals surface area contributed by atoms with E-state index in [-0.39, 0.29) is 0 Å². The molecule has 2 heterocycles. The molecule has 0 atom stereocenters. The highest BCUT2D eigenvalue weighted by Gasteiger charge is 2.00. The van der Waals surface area contributed by atoms with Crippen LogP contribution in [0.2, 0.25) is 0 Å². The van der Waals surface area contributed by atoms with Gasteiger partial charge in [-0.1, -0.05) is 51.0 Å². The molecule has 0 spiro atoms. The Balaban J connectivity index is 1.99. The second-order valence-corrected chi connectivity index (χ2v) is 6.37. The maximum absolute atomic E-state index is 4.48. The summed E-state index contributed by atoms with van der Waals surface area (Å²) in [6, 6.07) is 12.5. The lowest BCUT2D eigenvalue weighted by molar-refractivity contribution is 1.31. The predicted octanol–water partition coefficient (Wildman–Crippen LogP) is 4.17. The minimum absolute atomic E-state index is 0.818. The summed E-state index contributed by atoms with van der Waals surface area (Å²) in [5.41, 5.74) is 1.24. The molecule has 5 heteroatoms. The Kier molecular flexibility index (Phi) is 3.13. The summed E-state index contributed by atoms with van der Waals surface area (Å²) in [7, 11) is 3.43. The fraction of sp³-hybridized carbons (Fsp3) is 0. The molecule has 0 radical (unpaired) electrons. The van der Waals surface area contributed by atoms with Gasteiger partial charge in [0.25, 0.3) is 0 Å². The number of thiazole rings is 1. The van der Waals surface area contributed by atoms with E-state index in [1.165, 1.54) is 10.4 Å². The Hall–Kier alpha value is -1.30. The van der Waals surface area contributed by atoms with Gasteiger partial charge >= 0.3 is 0 Å². The Labute approximate surface area is 110 Å². The van der Waals surface area contributed by atoms with Crippen LogP contribution in [0.3, 0.4) is 0 Å². The van der Waals surface area contributed by atoms with Crippen molar-refractivity contribution in [3.8, 4) is 10.4 Å². The summed E-state index contributed by atoms with van der Waals surface area (Å²) in [4.78, 5) is 9.90. The first-order valence-electron chi connectivity index (χ1n) is 5.02. The molecule has 0 saturated heterocycles. The van der Waals surface area contributed by atoms with Gasteiger partial charge in [0.05, 0.1) is 0 Å². The lowest BCUT2D eigenvalue weighted by Crippen LogP contribution is -1.87. The molecule has 0 fully saturated rings. The summed E-state index contributed by atoms with van der Waals surface area (Å²) in [5, 5.41) is 2.76. The van der Waals surface area contributed by atoms with Crippen molar-refractivity contribution in [1.29, 1.82) is 0 Å². The predicted molar refractivity (Wildman–Crippen MR) is 75.0 cm³/mol. The molecule has 1 aromatic carbocycles. The first-order valence-corrected chi connectivity index (χ1v) is 8.04. The maximum atomic E-state index is 4.48. The molecule has 0 aliphatic rings. The van der Waals surface area contributed by atoms with Crippen LogP contribution in [-0.4, -0.2) is 4.98 Å². The fourth-order valence-electron chi connectivity index (χ4n) is 1.40. The van der Waals surface area contributed by atoms with Gasteiger partial charge in [0, 0.05) is 16.5 Å². The van der Waals surface area contributed by atoms with Crippen molar-refractivity contribution in [3.63, 3.8) is 0 Å². The van der Waals surface area contributed by atoms with Gasteiger partial charge in [-0.3, -0.25) is 0 Å². The summed E-state index contributed by atoms with van der Waals surface area (Å²) in [6.45, 7) is 0. The van der Waals surface area contributed by atoms with Gasteiger partial charge in [-0.25, -0.2) is 9.98 Å². The van der Waals surface area contributed by atoms with Crippen LogP contribution >= 0.6 is 32.0 Å². The zero-order valence-corrected chi connectivity index (χ0v) is 11.2. The molecule has 3 aromatic rings. The van der Waals surface area contributed by atoms with Crippen molar-refractivity contribution < 1.29 is 0 Å². The van der Waals surface area contributed by atoms with E-state index in [0.717, 1.165) is 9.80 Å². The first-order chi connectivity index (χ1) is 8.42. The van der Waals surface area contributed by atoms with E-state index in [1.54, 1.807) is 38.2 Å². The highest BCUT2D eigenvalue weighted by Crippen LogP contribution is 2.25. The number of rotatable bonds is 2. The van der Waals surface area contributed by atoms with Crippen LogP contribution in [-0.2, 0) is 0 Å². The quantitative estimate of drug-likeness (QED) is 0.645. The Bertz CT molecular complexity index is 650. The first kappa shape index (κ1) is 10.8. The molecule has 3 rings (SSSR count). The Morgan fingerprint density at radius 2 is 1.94 bits per heavy atom.